The van der Waals surface area contributed by atoms with Crippen molar-refractivity contribution in [2.45, 2.75) is 32.1 Å². The van der Waals surface area contributed by atoms with Crippen molar-refractivity contribution in [1.82, 2.24) is 10.3 Å². The number of para-hydroxylation sites is 2. The number of guanidine groups is 1. The predicted molar refractivity (Wildman–Crippen MR) is 111 cm³/mol. The van der Waals surface area contributed by atoms with Crippen LogP contribution in [0.2, 0.25) is 0 Å². The number of rotatable bonds is 11. The topological polar surface area (TPSA) is 125 Å². The first-order valence-corrected chi connectivity index (χ1v) is 9.43. The SMILES string of the molecule is N#CNC(=NCCCCCCCOc1ccccc1[N+](=O)[O-])Nc1ccncc1. The average Bonchev–Trinajstić information content (AvgIpc) is 2.73. The summed E-state index contributed by atoms with van der Waals surface area (Å²) in [6.45, 7) is 1.06. The van der Waals surface area contributed by atoms with Gasteiger partial charge in [-0.15, -0.1) is 0 Å². The lowest BCUT2D eigenvalue weighted by Crippen LogP contribution is -2.27. The molecule has 0 saturated heterocycles. The number of anilines is 1. The van der Waals surface area contributed by atoms with Crippen molar-refractivity contribution in [3.63, 3.8) is 0 Å². The molecule has 9 nitrogen and oxygen atoms in total. The molecule has 0 aliphatic rings. The molecule has 9 heteroatoms. The highest BCUT2D eigenvalue weighted by molar-refractivity contribution is 5.94. The van der Waals surface area contributed by atoms with Crippen molar-refractivity contribution < 1.29 is 9.66 Å². The van der Waals surface area contributed by atoms with E-state index < -0.39 is 4.92 Å². The fraction of sp³-hybridized carbons (Fsp3) is 0.350. The Hall–Kier alpha value is -3.67. The Kier molecular flexibility index (Phi) is 9.45. The molecule has 1 heterocycles. The first kappa shape index (κ1) is 21.6. The summed E-state index contributed by atoms with van der Waals surface area (Å²) >= 11 is 0. The number of nitrogens with zero attached hydrogens (tertiary/aromatic N) is 4. The molecule has 0 unspecified atom stereocenters. The summed E-state index contributed by atoms with van der Waals surface area (Å²) in [5, 5.41) is 25.3. The Bertz CT molecular complexity index is 836. The van der Waals surface area contributed by atoms with Gasteiger partial charge in [0.15, 0.2) is 11.9 Å². The number of pyridine rings is 1. The first-order valence-electron chi connectivity index (χ1n) is 9.43. The average molecular weight is 396 g/mol. The van der Waals surface area contributed by atoms with Gasteiger partial charge in [-0.1, -0.05) is 31.4 Å². The molecule has 0 spiro atoms. The van der Waals surface area contributed by atoms with Crippen molar-refractivity contribution in [3.8, 4) is 11.9 Å². The van der Waals surface area contributed by atoms with E-state index in [1.807, 2.05) is 6.19 Å². The number of aliphatic imine (C=N–C) groups is 1. The van der Waals surface area contributed by atoms with Gasteiger partial charge >= 0.3 is 5.69 Å². The molecule has 152 valence electrons. The van der Waals surface area contributed by atoms with Crippen molar-refractivity contribution in [2.75, 3.05) is 18.5 Å². The van der Waals surface area contributed by atoms with E-state index >= 15 is 0 Å². The van der Waals surface area contributed by atoms with Crippen LogP contribution < -0.4 is 15.4 Å². The minimum absolute atomic E-state index is 0.00693. The molecule has 2 N–H and O–H groups in total. The number of nitro groups is 1. The molecule has 1 aromatic carbocycles. The monoisotopic (exact) mass is 396 g/mol. The number of nitro benzene ring substituents is 1. The number of aromatic nitrogens is 1. The van der Waals surface area contributed by atoms with E-state index in [1.54, 1.807) is 42.7 Å². The van der Waals surface area contributed by atoms with Gasteiger partial charge in [-0.2, -0.15) is 5.26 Å². The number of nitriles is 1. The van der Waals surface area contributed by atoms with Crippen LogP contribution in [0.4, 0.5) is 11.4 Å². The van der Waals surface area contributed by atoms with Crippen molar-refractivity contribution in [1.29, 1.82) is 5.26 Å². The van der Waals surface area contributed by atoms with Gasteiger partial charge in [-0.05, 0) is 31.0 Å². The normalized spacial score (nSPS) is 10.8. The zero-order valence-corrected chi connectivity index (χ0v) is 16.1. The van der Waals surface area contributed by atoms with E-state index in [0.29, 0.717) is 24.9 Å². The highest BCUT2D eigenvalue weighted by Crippen LogP contribution is 2.25. The molecule has 0 amide bonds. The van der Waals surface area contributed by atoms with Gasteiger partial charge in [0.1, 0.15) is 0 Å². The smallest absolute Gasteiger partial charge is 0.310 e. The van der Waals surface area contributed by atoms with Crippen LogP contribution in [0.5, 0.6) is 5.75 Å². The maximum absolute atomic E-state index is 10.9. The van der Waals surface area contributed by atoms with Crippen molar-refractivity contribution in [3.05, 3.63) is 58.9 Å². The summed E-state index contributed by atoms with van der Waals surface area (Å²) in [7, 11) is 0. The molecule has 29 heavy (non-hydrogen) atoms. The third-order valence-corrected chi connectivity index (χ3v) is 4.01. The van der Waals surface area contributed by atoms with E-state index in [-0.39, 0.29) is 5.69 Å². The lowest BCUT2D eigenvalue weighted by Gasteiger charge is -2.08. The summed E-state index contributed by atoms with van der Waals surface area (Å²) in [6, 6.07) is 9.98. The maximum Gasteiger partial charge on any atom is 0.310 e. The molecule has 0 aliphatic heterocycles. The number of unbranched alkanes of at least 4 members (excludes halogenated alkanes) is 4. The van der Waals surface area contributed by atoms with Crippen LogP contribution in [0.15, 0.2) is 53.8 Å². The minimum Gasteiger partial charge on any atom is -0.487 e. The molecule has 0 radical (unpaired) electrons. The van der Waals surface area contributed by atoms with E-state index in [9.17, 15) is 10.1 Å². The Labute approximate surface area is 169 Å². The summed E-state index contributed by atoms with van der Waals surface area (Å²) in [5.74, 6) is 0.725. The van der Waals surface area contributed by atoms with Gasteiger partial charge in [-0.25, -0.2) is 0 Å². The van der Waals surface area contributed by atoms with Crippen LogP contribution >= 0.6 is 0 Å². The highest BCUT2D eigenvalue weighted by atomic mass is 16.6. The van der Waals surface area contributed by atoms with Crippen LogP contribution in [0.3, 0.4) is 0 Å². The highest BCUT2D eigenvalue weighted by Gasteiger charge is 2.12. The van der Waals surface area contributed by atoms with E-state index in [2.05, 4.69) is 20.6 Å². The van der Waals surface area contributed by atoms with Crippen LogP contribution in [-0.2, 0) is 0 Å². The molecule has 0 saturated carbocycles. The van der Waals surface area contributed by atoms with E-state index in [4.69, 9.17) is 10.00 Å². The van der Waals surface area contributed by atoms with Crippen LogP contribution in [0, 0.1) is 21.6 Å². The van der Waals surface area contributed by atoms with Gasteiger partial charge in [0.2, 0.25) is 5.96 Å². The minimum atomic E-state index is -0.436. The standard InChI is InChI=1S/C20H24N6O3/c21-16-24-20(25-17-10-13-22-14-11-17)23-12-6-2-1-3-7-15-29-19-9-5-4-8-18(19)26(27)28/h4-5,8-11,13-14H,1-3,6-7,12,15H2,(H2,22,23,24,25). The second-order valence-electron chi connectivity index (χ2n) is 6.17. The fourth-order valence-corrected chi connectivity index (χ4v) is 2.58. The summed E-state index contributed by atoms with van der Waals surface area (Å²) < 4.78 is 5.53. The van der Waals surface area contributed by atoms with Crippen LogP contribution in [-0.4, -0.2) is 29.0 Å². The second-order valence-corrected chi connectivity index (χ2v) is 6.17. The van der Waals surface area contributed by atoms with Gasteiger partial charge < -0.3 is 10.1 Å². The molecular formula is C20H24N6O3. The maximum atomic E-state index is 10.9. The third kappa shape index (κ3) is 8.26. The Morgan fingerprint density at radius 2 is 1.86 bits per heavy atom. The number of benzene rings is 1. The van der Waals surface area contributed by atoms with Gasteiger partial charge in [0.05, 0.1) is 11.5 Å². The molecule has 0 bridgehead atoms. The molecule has 0 atom stereocenters. The number of hydrogen-bond donors (Lipinski definition) is 2. The second kappa shape index (κ2) is 12.7. The quantitative estimate of drug-likeness (QED) is 0.112. The van der Waals surface area contributed by atoms with E-state index in [0.717, 1.165) is 37.8 Å². The lowest BCUT2D eigenvalue weighted by molar-refractivity contribution is -0.385. The molecule has 1 aromatic heterocycles. The van der Waals surface area contributed by atoms with Gasteiger partial charge in [-0.3, -0.25) is 25.4 Å². The summed E-state index contributed by atoms with van der Waals surface area (Å²) in [6.07, 6.45) is 9.93. The van der Waals surface area contributed by atoms with Crippen molar-refractivity contribution in [2.24, 2.45) is 4.99 Å². The van der Waals surface area contributed by atoms with Gasteiger partial charge in [0, 0.05) is 30.7 Å². The molecular weight excluding hydrogens is 372 g/mol. The fourth-order valence-electron chi connectivity index (χ4n) is 2.58. The number of hydrogen-bond acceptors (Lipinski definition) is 6. The number of ether oxygens (including phenoxy) is 1. The Morgan fingerprint density at radius 1 is 1.14 bits per heavy atom. The molecule has 2 rings (SSSR count). The molecule has 0 fully saturated rings. The summed E-state index contributed by atoms with van der Waals surface area (Å²) in [4.78, 5) is 18.8. The van der Waals surface area contributed by atoms with Crippen molar-refractivity contribution >= 4 is 17.3 Å². The summed E-state index contributed by atoms with van der Waals surface area (Å²) in [5.41, 5.74) is 0.799. The lowest BCUT2D eigenvalue weighted by atomic mass is 10.1. The number of nitrogens with one attached hydrogen (secondary N) is 2. The first-order chi connectivity index (χ1) is 14.2. The van der Waals surface area contributed by atoms with E-state index in [1.165, 1.54) is 6.07 Å². The molecule has 0 aliphatic carbocycles. The largest absolute Gasteiger partial charge is 0.487 e. The zero-order valence-electron chi connectivity index (χ0n) is 16.1. The molecule has 2 aromatic rings. The third-order valence-electron chi connectivity index (χ3n) is 4.01. The Morgan fingerprint density at radius 3 is 2.62 bits per heavy atom. The van der Waals surface area contributed by atoms with Crippen LogP contribution in [0.1, 0.15) is 32.1 Å². The predicted octanol–water partition coefficient (Wildman–Crippen LogP) is 3.86. The van der Waals surface area contributed by atoms with Gasteiger partial charge in [0.25, 0.3) is 0 Å². The van der Waals surface area contributed by atoms with Crippen LogP contribution in [0.25, 0.3) is 0 Å². The zero-order chi connectivity index (χ0) is 20.7. The Balaban J connectivity index is 1.60.